The van der Waals surface area contributed by atoms with Gasteiger partial charge in [-0.15, -0.1) is 0 Å². The number of sulfonamides is 1. The molecule has 0 spiro atoms. The Bertz CT molecular complexity index is 1100. The molecule has 8 nitrogen and oxygen atoms in total. The molecule has 2 heterocycles. The van der Waals surface area contributed by atoms with E-state index in [1.165, 1.54) is 6.92 Å². The number of hydrogen-bond acceptors (Lipinski definition) is 6. The second-order valence-corrected chi connectivity index (χ2v) is 10.1. The SMILES string of the molecule is CC(=O)Nc1ccc(S(=O)(=O)N2CC3CCC(C2)N3CCOc2ccc(C#N)cc2)cc1. The number of rotatable bonds is 7. The van der Waals surface area contributed by atoms with Crippen molar-refractivity contribution in [3.05, 3.63) is 54.1 Å². The number of nitriles is 1. The van der Waals surface area contributed by atoms with Gasteiger partial charge >= 0.3 is 0 Å². The number of nitrogens with one attached hydrogen (secondary N) is 1. The molecule has 9 heteroatoms. The number of fused-ring (bicyclic) bond motifs is 2. The highest BCUT2D eigenvalue weighted by molar-refractivity contribution is 7.89. The fourth-order valence-electron chi connectivity index (χ4n) is 4.47. The Morgan fingerprint density at radius 3 is 2.28 bits per heavy atom. The van der Waals surface area contributed by atoms with Crippen LogP contribution < -0.4 is 10.1 Å². The smallest absolute Gasteiger partial charge is 0.243 e. The average molecular weight is 455 g/mol. The number of amides is 1. The number of hydrogen-bond donors (Lipinski definition) is 1. The average Bonchev–Trinajstić information content (AvgIpc) is 3.01. The summed E-state index contributed by atoms with van der Waals surface area (Å²) in [6.45, 7) is 3.58. The van der Waals surface area contributed by atoms with Gasteiger partial charge in [0.25, 0.3) is 0 Å². The molecule has 1 amide bonds. The van der Waals surface area contributed by atoms with Crippen LogP contribution in [0.15, 0.2) is 53.4 Å². The molecular formula is C23H26N4O4S. The zero-order chi connectivity index (χ0) is 22.7. The summed E-state index contributed by atoms with van der Waals surface area (Å²) < 4.78 is 33.7. The van der Waals surface area contributed by atoms with Gasteiger partial charge < -0.3 is 10.1 Å². The minimum Gasteiger partial charge on any atom is -0.492 e. The number of benzene rings is 2. The molecule has 2 bridgehead atoms. The maximum absolute atomic E-state index is 13.2. The van der Waals surface area contributed by atoms with E-state index in [0.717, 1.165) is 25.1 Å². The molecule has 0 saturated carbocycles. The molecule has 168 valence electrons. The van der Waals surface area contributed by atoms with Gasteiger partial charge in [0.15, 0.2) is 0 Å². The van der Waals surface area contributed by atoms with E-state index in [4.69, 9.17) is 10.00 Å². The lowest BCUT2D eigenvalue weighted by molar-refractivity contribution is -0.114. The molecule has 2 aliphatic rings. The Morgan fingerprint density at radius 2 is 1.72 bits per heavy atom. The summed E-state index contributed by atoms with van der Waals surface area (Å²) in [5.41, 5.74) is 1.17. The molecule has 0 aliphatic carbocycles. The monoisotopic (exact) mass is 454 g/mol. The van der Waals surface area contributed by atoms with Gasteiger partial charge in [-0.1, -0.05) is 0 Å². The number of anilines is 1. The lowest BCUT2D eigenvalue weighted by Gasteiger charge is -2.40. The Kier molecular flexibility index (Phi) is 6.46. The number of carbonyl (C=O) groups excluding carboxylic acids is 1. The topological polar surface area (TPSA) is 103 Å². The molecule has 2 aromatic rings. The second-order valence-electron chi connectivity index (χ2n) is 8.14. The third-order valence-corrected chi connectivity index (χ3v) is 7.86. The van der Waals surface area contributed by atoms with E-state index in [1.807, 2.05) is 0 Å². The number of piperazine rings is 1. The van der Waals surface area contributed by atoms with Crippen molar-refractivity contribution in [2.45, 2.75) is 36.7 Å². The van der Waals surface area contributed by atoms with Crippen LogP contribution in [0.3, 0.4) is 0 Å². The van der Waals surface area contributed by atoms with Gasteiger partial charge in [0.05, 0.1) is 16.5 Å². The third kappa shape index (κ3) is 4.78. The maximum Gasteiger partial charge on any atom is 0.243 e. The first kappa shape index (κ1) is 22.3. The van der Waals surface area contributed by atoms with Crippen molar-refractivity contribution in [2.75, 3.05) is 31.6 Å². The molecule has 2 saturated heterocycles. The zero-order valence-corrected chi connectivity index (χ0v) is 18.7. The Hall–Kier alpha value is -2.93. The van der Waals surface area contributed by atoms with Crippen molar-refractivity contribution in [3.8, 4) is 11.8 Å². The predicted octanol–water partition coefficient (Wildman–Crippen LogP) is 2.43. The molecule has 1 N–H and O–H groups in total. The number of nitrogens with zero attached hydrogens (tertiary/aromatic N) is 3. The standard InChI is InChI=1S/C23H26N4O4S/c1-17(28)25-19-4-10-23(11-5-19)32(29,30)26-15-20-6-7-21(16-26)27(20)12-13-31-22-8-2-18(14-24)3-9-22/h2-5,8-11,20-21H,6-7,12-13,15-16H2,1H3,(H,25,28). The van der Waals surface area contributed by atoms with Crippen molar-refractivity contribution < 1.29 is 17.9 Å². The highest BCUT2D eigenvalue weighted by atomic mass is 32.2. The lowest BCUT2D eigenvalue weighted by Crippen LogP contribution is -2.55. The molecular weight excluding hydrogens is 428 g/mol. The first-order chi connectivity index (χ1) is 15.4. The van der Waals surface area contributed by atoms with Gasteiger partial charge in [-0.3, -0.25) is 9.69 Å². The molecule has 4 rings (SSSR count). The van der Waals surface area contributed by atoms with Crippen LogP contribution in [0.2, 0.25) is 0 Å². The molecule has 32 heavy (non-hydrogen) atoms. The number of ether oxygens (including phenoxy) is 1. The van der Waals surface area contributed by atoms with Gasteiger partial charge in [-0.05, 0) is 61.4 Å². The van der Waals surface area contributed by atoms with Crippen LogP contribution in [0, 0.1) is 11.3 Å². The molecule has 0 aromatic heterocycles. The van der Waals surface area contributed by atoms with Crippen LogP contribution in [0.1, 0.15) is 25.3 Å². The Labute approximate surface area is 188 Å². The summed E-state index contributed by atoms with van der Waals surface area (Å²) in [6, 6.07) is 15.8. The third-order valence-electron chi connectivity index (χ3n) is 6.01. The summed E-state index contributed by atoms with van der Waals surface area (Å²) in [6.07, 6.45) is 1.93. The van der Waals surface area contributed by atoms with Gasteiger partial charge in [0.1, 0.15) is 12.4 Å². The molecule has 0 radical (unpaired) electrons. The Morgan fingerprint density at radius 1 is 1.09 bits per heavy atom. The first-order valence-electron chi connectivity index (χ1n) is 10.6. The van der Waals surface area contributed by atoms with E-state index in [-0.39, 0.29) is 22.9 Å². The summed E-state index contributed by atoms with van der Waals surface area (Å²) in [5, 5.41) is 11.5. The first-order valence-corrected chi connectivity index (χ1v) is 12.1. The molecule has 2 aromatic carbocycles. The summed E-state index contributed by atoms with van der Waals surface area (Å²) in [5.74, 6) is 0.525. The van der Waals surface area contributed by atoms with E-state index >= 15 is 0 Å². The van der Waals surface area contributed by atoms with E-state index in [2.05, 4.69) is 16.3 Å². The largest absolute Gasteiger partial charge is 0.492 e. The van der Waals surface area contributed by atoms with Gasteiger partial charge in [0, 0.05) is 44.3 Å². The minimum atomic E-state index is -3.59. The fraction of sp³-hybridized carbons (Fsp3) is 0.391. The normalized spacial score (nSPS) is 21.1. The summed E-state index contributed by atoms with van der Waals surface area (Å²) in [4.78, 5) is 13.8. The van der Waals surface area contributed by atoms with E-state index in [0.29, 0.717) is 30.9 Å². The van der Waals surface area contributed by atoms with Crippen molar-refractivity contribution >= 4 is 21.6 Å². The van der Waals surface area contributed by atoms with Gasteiger partial charge in [0.2, 0.25) is 15.9 Å². The summed E-state index contributed by atoms with van der Waals surface area (Å²) in [7, 11) is -3.59. The van der Waals surface area contributed by atoms with Crippen LogP contribution in [-0.2, 0) is 14.8 Å². The highest BCUT2D eigenvalue weighted by Crippen LogP contribution is 2.33. The van der Waals surface area contributed by atoms with Crippen molar-refractivity contribution in [2.24, 2.45) is 0 Å². The van der Waals surface area contributed by atoms with E-state index in [9.17, 15) is 13.2 Å². The molecule has 2 aliphatic heterocycles. The van der Waals surface area contributed by atoms with Crippen molar-refractivity contribution in [1.82, 2.24) is 9.21 Å². The number of carbonyl (C=O) groups is 1. The van der Waals surface area contributed by atoms with Crippen LogP contribution in [0.4, 0.5) is 5.69 Å². The minimum absolute atomic E-state index is 0.173. The second kappa shape index (κ2) is 9.28. The fourth-order valence-corrected chi connectivity index (χ4v) is 5.98. The maximum atomic E-state index is 13.2. The molecule has 2 unspecified atom stereocenters. The van der Waals surface area contributed by atoms with Crippen LogP contribution in [0.25, 0.3) is 0 Å². The van der Waals surface area contributed by atoms with Crippen molar-refractivity contribution in [1.29, 1.82) is 5.26 Å². The quantitative estimate of drug-likeness (QED) is 0.689. The van der Waals surface area contributed by atoms with E-state index in [1.54, 1.807) is 52.8 Å². The Balaban J connectivity index is 1.35. The van der Waals surface area contributed by atoms with Gasteiger partial charge in [-0.2, -0.15) is 9.57 Å². The van der Waals surface area contributed by atoms with Crippen LogP contribution in [-0.4, -0.2) is 61.9 Å². The van der Waals surface area contributed by atoms with Gasteiger partial charge in [-0.25, -0.2) is 8.42 Å². The zero-order valence-electron chi connectivity index (χ0n) is 17.9. The van der Waals surface area contributed by atoms with E-state index < -0.39 is 10.0 Å². The molecule has 2 atom stereocenters. The highest BCUT2D eigenvalue weighted by Gasteiger charge is 2.43. The molecule has 2 fully saturated rings. The van der Waals surface area contributed by atoms with Crippen LogP contribution >= 0.6 is 0 Å². The predicted molar refractivity (Wildman–Crippen MR) is 120 cm³/mol. The van der Waals surface area contributed by atoms with Crippen molar-refractivity contribution in [3.63, 3.8) is 0 Å². The van der Waals surface area contributed by atoms with Crippen LogP contribution in [0.5, 0.6) is 5.75 Å². The lowest BCUT2D eigenvalue weighted by atomic mass is 10.2. The summed E-state index contributed by atoms with van der Waals surface area (Å²) >= 11 is 0.